The Balaban J connectivity index is 1.23. The first kappa shape index (κ1) is 30.1. The van der Waals surface area contributed by atoms with Gasteiger partial charge in [0.05, 0.1) is 17.7 Å². The van der Waals surface area contributed by atoms with E-state index in [1.165, 1.54) is 24.4 Å². The molecule has 1 saturated carbocycles. The van der Waals surface area contributed by atoms with Crippen LogP contribution >= 0.6 is 7.82 Å². The predicted molar refractivity (Wildman–Crippen MR) is 155 cm³/mol. The smallest absolute Gasteiger partial charge is 0.470 e. The van der Waals surface area contributed by atoms with Crippen LogP contribution in [0.2, 0.25) is 0 Å². The SMILES string of the molecule is C=C1OCCN1c1ccc(OCC2(OP(=O)(O)O)CCN(c3cc4c(cc3F)c(=O)c(C(=O)O)cn4C3CC3)CC2)c(F)c1. The van der Waals surface area contributed by atoms with Gasteiger partial charge < -0.3 is 38.7 Å². The van der Waals surface area contributed by atoms with Crippen LogP contribution in [0.3, 0.4) is 0 Å². The van der Waals surface area contributed by atoms with Crippen LogP contribution in [0.25, 0.3) is 10.9 Å². The van der Waals surface area contributed by atoms with Crippen LogP contribution in [0.5, 0.6) is 5.75 Å². The topological polar surface area (TPSA) is 151 Å². The Morgan fingerprint density at radius 3 is 2.43 bits per heavy atom. The summed E-state index contributed by atoms with van der Waals surface area (Å²) in [4.78, 5) is 47.2. The second kappa shape index (κ2) is 11.2. The number of hydrogen-bond acceptors (Lipinski definition) is 8. The van der Waals surface area contributed by atoms with Crippen molar-refractivity contribution in [2.45, 2.75) is 37.3 Å². The average molecular weight is 634 g/mol. The number of phosphoric ester groups is 1. The zero-order valence-corrected chi connectivity index (χ0v) is 24.3. The van der Waals surface area contributed by atoms with Gasteiger partial charge in [-0.2, -0.15) is 0 Å². The molecule has 1 aromatic heterocycles. The van der Waals surface area contributed by atoms with Gasteiger partial charge in [0.25, 0.3) is 0 Å². The minimum absolute atomic E-state index is 0.00529. The van der Waals surface area contributed by atoms with E-state index in [1.807, 2.05) is 0 Å². The monoisotopic (exact) mass is 633 g/mol. The fraction of sp³-hybridized carbons (Fsp3) is 0.379. The number of aromatic carboxylic acids is 1. The van der Waals surface area contributed by atoms with Crippen molar-refractivity contribution < 1.29 is 47.0 Å². The molecule has 12 nitrogen and oxygen atoms in total. The number of nitrogens with zero attached hydrogens (tertiary/aromatic N) is 3. The van der Waals surface area contributed by atoms with Crippen LogP contribution in [-0.2, 0) is 13.8 Å². The molecule has 2 aliphatic heterocycles. The quantitative estimate of drug-likeness (QED) is 0.292. The van der Waals surface area contributed by atoms with Crippen LogP contribution in [0.15, 0.2) is 53.8 Å². The first-order valence-electron chi connectivity index (χ1n) is 14.0. The maximum absolute atomic E-state index is 15.4. The van der Waals surface area contributed by atoms with Gasteiger partial charge in [-0.3, -0.25) is 9.32 Å². The summed E-state index contributed by atoms with van der Waals surface area (Å²) < 4.78 is 60.2. The lowest BCUT2D eigenvalue weighted by Gasteiger charge is -2.42. The second-order valence-electron chi connectivity index (χ2n) is 11.2. The Hall–Kier alpha value is -3.97. The second-order valence-corrected chi connectivity index (χ2v) is 12.3. The molecule has 0 amide bonds. The van der Waals surface area contributed by atoms with Crippen molar-refractivity contribution >= 4 is 36.1 Å². The van der Waals surface area contributed by atoms with E-state index in [0.717, 1.165) is 18.9 Å². The minimum Gasteiger partial charge on any atom is -0.487 e. The number of pyridine rings is 1. The third-order valence-electron chi connectivity index (χ3n) is 8.20. The Morgan fingerprint density at radius 1 is 1.11 bits per heavy atom. The number of benzene rings is 2. The number of carboxylic acid groups (broad SMARTS) is 1. The highest BCUT2D eigenvalue weighted by Gasteiger charge is 2.43. The molecule has 0 unspecified atom stereocenters. The van der Waals surface area contributed by atoms with Crippen LogP contribution in [-0.4, -0.2) is 63.9 Å². The normalized spacial score (nSPS) is 18.5. The molecule has 6 rings (SSSR count). The number of aromatic nitrogens is 1. The number of ether oxygens (including phenoxy) is 2. The number of hydrogen-bond donors (Lipinski definition) is 3. The molecule has 3 aromatic rings. The van der Waals surface area contributed by atoms with E-state index in [-0.39, 0.29) is 55.4 Å². The molecule has 3 fully saturated rings. The number of piperidine rings is 1. The number of halogens is 2. The van der Waals surface area contributed by atoms with Crippen molar-refractivity contribution in [2.75, 3.05) is 42.6 Å². The van der Waals surface area contributed by atoms with Crippen molar-refractivity contribution in [2.24, 2.45) is 0 Å². The molecule has 234 valence electrons. The third-order valence-corrected chi connectivity index (χ3v) is 8.83. The van der Waals surface area contributed by atoms with Crippen molar-refractivity contribution in [3.8, 4) is 5.75 Å². The van der Waals surface area contributed by atoms with E-state index in [2.05, 4.69) is 6.58 Å². The van der Waals surface area contributed by atoms with Crippen LogP contribution in [0.4, 0.5) is 20.2 Å². The molecule has 1 aliphatic carbocycles. The summed E-state index contributed by atoms with van der Waals surface area (Å²) in [6.45, 7) is 4.50. The summed E-state index contributed by atoms with van der Waals surface area (Å²) >= 11 is 0. The minimum atomic E-state index is -5.01. The van der Waals surface area contributed by atoms with Crippen molar-refractivity contribution in [1.82, 2.24) is 4.57 Å². The van der Waals surface area contributed by atoms with E-state index < -0.39 is 42.0 Å². The summed E-state index contributed by atoms with van der Waals surface area (Å²) in [6, 6.07) is 6.79. The van der Waals surface area contributed by atoms with Gasteiger partial charge in [0.1, 0.15) is 30.2 Å². The third kappa shape index (κ3) is 5.90. The fourth-order valence-corrected chi connectivity index (χ4v) is 6.53. The first-order valence-corrected chi connectivity index (χ1v) is 15.5. The van der Waals surface area contributed by atoms with Crippen LogP contribution in [0, 0.1) is 11.6 Å². The summed E-state index contributed by atoms with van der Waals surface area (Å²) in [5.41, 5.74) is -1.68. The van der Waals surface area contributed by atoms with Crippen LogP contribution < -0.4 is 20.0 Å². The largest absolute Gasteiger partial charge is 0.487 e. The highest BCUT2D eigenvalue weighted by Crippen LogP contribution is 2.46. The Labute approximate surface area is 249 Å². The lowest BCUT2D eigenvalue weighted by molar-refractivity contribution is -0.0232. The molecule has 3 aliphatic rings. The van der Waals surface area contributed by atoms with Gasteiger partial charge in [-0.15, -0.1) is 0 Å². The first-order chi connectivity index (χ1) is 20.8. The summed E-state index contributed by atoms with van der Waals surface area (Å²) in [7, 11) is -5.01. The number of fused-ring (bicyclic) bond motifs is 1. The molecule has 3 heterocycles. The molecule has 2 aromatic carbocycles. The van der Waals surface area contributed by atoms with E-state index in [9.17, 15) is 33.4 Å². The Kier molecular flexibility index (Phi) is 7.65. The highest BCUT2D eigenvalue weighted by atomic mass is 31.2. The number of anilines is 2. The zero-order chi connectivity index (χ0) is 31.4. The molecule has 0 bridgehead atoms. The molecule has 0 atom stereocenters. The molecular weight excluding hydrogens is 603 g/mol. The molecule has 3 N–H and O–H groups in total. The standard InChI is InChI=1S/C29H30F2N3O9P/c1-17-33(10-11-41-17)19-4-5-26(23(31)12-19)42-16-29(43-44(38,39)40)6-8-32(9-7-29)25-14-24-20(13-22(25)30)27(35)21(28(36)37)15-34(24)18-2-3-18/h4-5,12-15,18H,1-3,6-11,16H2,(H,36,37)(H2,38,39,40). The van der Waals surface area contributed by atoms with Crippen molar-refractivity contribution in [3.05, 3.63) is 76.4 Å². The Morgan fingerprint density at radius 2 is 1.84 bits per heavy atom. The van der Waals surface area contributed by atoms with Crippen molar-refractivity contribution in [3.63, 3.8) is 0 Å². The van der Waals surface area contributed by atoms with E-state index in [4.69, 9.17) is 14.0 Å². The molecule has 2 saturated heterocycles. The highest BCUT2D eigenvalue weighted by molar-refractivity contribution is 7.46. The number of carboxylic acids is 1. The number of phosphoric acid groups is 1. The predicted octanol–water partition coefficient (Wildman–Crippen LogP) is 4.15. The molecule has 15 heteroatoms. The van der Waals surface area contributed by atoms with Gasteiger partial charge in [-0.05, 0) is 56.5 Å². The fourth-order valence-electron chi connectivity index (χ4n) is 5.79. The summed E-state index contributed by atoms with van der Waals surface area (Å²) in [5.74, 6) is -2.58. The number of carbonyl (C=O) groups is 1. The average Bonchev–Trinajstić information content (AvgIpc) is 3.71. The maximum atomic E-state index is 15.4. The zero-order valence-electron chi connectivity index (χ0n) is 23.4. The van der Waals surface area contributed by atoms with Gasteiger partial charge >= 0.3 is 13.8 Å². The lowest BCUT2D eigenvalue weighted by Crippen LogP contribution is -2.49. The van der Waals surface area contributed by atoms with Gasteiger partial charge in [0.15, 0.2) is 17.4 Å². The van der Waals surface area contributed by atoms with E-state index in [1.54, 1.807) is 20.4 Å². The summed E-state index contributed by atoms with van der Waals surface area (Å²) in [5, 5.41) is 9.44. The van der Waals surface area contributed by atoms with Crippen molar-refractivity contribution in [1.29, 1.82) is 0 Å². The lowest BCUT2D eigenvalue weighted by atomic mass is 9.92. The van der Waals surface area contributed by atoms with E-state index in [0.29, 0.717) is 30.2 Å². The molecule has 0 spiro atoms. The summed E-state index contributed by atoms with van der Waals surface area (Å²) in [6.07, 6.45) is 2.86. The molecule has 44 heavy (non-hydrogen) atoms. The van der Waals surface area contributed by atoms with Gasteiger partial charge in [0.2, 0.25) is 5.43 Å². The van der Waals surface area contributed by atoms with E-state index >= 15 is 4.39 Å². The van der Waals surface area contributed by atoms with Gasteiger partial charge in [-0.25, -0.2) is 18.1 Å². The maximum Gasteiger partial charge on any atom is 0.470 e. The van der Waals surface area contributed by atoms with Crippen LogP contribution in [0.1, 0.15) is 42.1 Å². The van der Waals surface area contributed by atoms with Gasteiger partial charge in [-0.1, -0.05) is 0 Å². The Bertz CT molecular complexity index is 1760. The molecular formula is C29H30F2N3O9P. The molecule has 0 radical (unpaired) electrons. The van der Waals surface area contributed by atoms with Gasteiger partial charge in [0, 0.05) is 42.5 Å². The number of rotatable bonds is 9.